The van der Waals surface area contributed by atoms with Gasteiger partial charge in [0.05, 0.1) is 11.3 Å². The van der Waals surface area contributed by atoms with Gasteiger partial charge < -0.3 is 10.6 Å². The van der Waals surface area contributed by atoms with Crippen LogP contribution in [0.3, 0.4) is 0 Å². The number of carbonyl (C=O) groups excluding carboxylic acids is 1. The molecule has 0 unspecified atom stereocenters. The first-order valence-corrected chi connectivity index (χ1v) is 6.83. The van der Waals surface area contributed by atoms with Crippen LogP contribution in [-0.2, 0) is 19.9 Å². The Morgan fingerprint density at radius 1 is 1.45 bits per heavy atom. The number of hydrogen-bond acceptors (Lipinski definition) is 3. The summed E-state index contributed by atoms with van der Waals surface area (Å²) in [6.07, 6.45) is 3.42. The second-order valence-electron chi connectivity index (χ2n) is 5.11. The molecule has 1 amide bonds. The van der Waals surface area contributed by atoms with Crippen molar-refractivity contribution in [2.45, 2.75) is 19.8 Å². The van der Waals surface area contributed by atoms with Crippen molar-refractivity contribution >= 4 is 17.3 Å². The van der Waals surface area contributed by atoms with Crippen LogP contribution in [0.25, 0.3) is 0 Å². The van der Waals surface area contributed by atoms with Gasteiger partial charge in [-0.25, -0.2) is 0 Å². The van der Waals surface area contributed by atoms with Crippen molar-refractivity contribution in [3.05, 3.63) is 41.2 Å². The number of fused-ring (bicyclic) bond motifs is 1. The smallest absolute Gasteiger partial charge is 0.261 e. The van der Waals surface area contributed by atoms with Gasteiger partial charge in [-0.15, -0.1) is 0 Å². The fourth-order valence-electron chi connectivity index (χ4n) is 2.73. The van der Waals surface area contributed by atoms with Crippen LogP contribution in [0.4, 0.5) is 11.4 Å². The molecule has 1 aliphatic heterocycles. The number of rotatable bonds is 2. The van der Waals surface area contributed by atoms with Crippen molar-refractivity contribution in [2.75, 3.05) is 17.2 Å². The van der Waals surface area contributed by atoms with E-state index in [1.165, 1.54) is 5.56 Å². The minimum absolute atomic E-state index is 0.0132. The molecule has 1 aliphatic rings. The number of nitrogens with zero attached hydrogens (tertiary/aromatic N) is 3. The quantitative estimate of drug-likeness (QED) is 0.846. The summed E-state index contributed by atoms with van der Waals surface area (Å²) in [7, 11) is 1.84. The number of nitrogens with two attached hydrogens (primary N) is 1. The molecule has 0 radical (unpaired) electrons. The van der Waals surface area contributed by atoms with E-state index >= 15 is 0 Å². The maximum absolute atomic E-state index is 12.7. The molecule has 0 aliphatic carbocycles. The van der Waals surface area contributed by atoms with E-state index in [1.807, 2.05) is 37.1 Å². The zero-order chi connectivity index (χ0) is 14.3. The third-order valence-corrected chi connectivity index (χ3v) is 3.72. The Morgan fingerprint density at radius 2 is 2.25 bits per heavy atom. The third kappa shape index (κ3) is 1.95. The molecule has 0 spiro atoms. The SMILES string of the molecule is CCc1nn(C)cc1C(=O)N1CCc2ccc(N)cc21. The van der Waals surface area contributed by atoms with Crippen LogP contribution in [0.2, 0.25) is 0 Å². The zero-order valence-electron chi connectivity index (χ0n) is 11.8. The molecule has 2 aromatic rings. The van der Waals surface area contributed by atoms with E-state index in [2.05, 4.69) is 5.10 Å². The molecule has 104 valence electrons. The molecule has 1 aromatic heterocycles. The highest BCUT2D eigenvalue weighted by Gasteiger charge is 2.28. The number of carbonyl (C=O) groups is 1. The summed E-state index contributed by atoms with van der Waals surface area (Å²) in [5, 5.41) is 4.34. The van der Waals surface area contributed by atoms with Crippen LogP contribution in [0.1, 0.15) is 28.5 Å². The van der Waals surface area contributed by atoms with Gasteiger partial charge in [-0.05, 0) is 30.5 Å². The van der Waals surface area contributed by atoms with Gasteiger partial charge in [0.15, 0.2) is 0 Å². The molecule has 1 aromatic carbocycles. The first kappa shape index (κ1) is 12.7. The maximum atomic E-state index is 12.7. The Hall–Kier alpha value is -2.30. The molecule has 3 rings (SSSR count). The lowest BCUT2D eigenvalue weighted by atomic mass is 10.1. The third-order valence-electron chi connectivity index (χ3n) is 3.72. The minimum atomic E-state index is 0.0132. The number of benzene rings is 1. The Morgan fingerprint density at radius 3 is 3.00 bits per heavy atom. The van der Waals surface area contributed by atoms with E-state index in [0.717, 1.165) is 24.2 Å². The maximum Gasteiger partial charge on any atom is 0.261 e. The van der Waals surface area contributed by atoms with Crippen molar-refractivity contribution in [3.63, 3.8) is 0 Å². The number of amides is 1. The summed E-state index contributed by atoms with van der Waals surface area (Å²) in [5.41, 5.74) is 10.2. The zero-order valence-corrected chi connectivity index (χ0v) is 11.8. The molecular formula is C15H18N4O. The number of aryl methyl sites for hydroxylation is 2. The topological polar surface area (TPSA) is 64.2 Å². The van der Waals surface area contributed by atoms with Gasteiger partial charge >= 0.3 is 0 Å². The summed E-state index contributed by atoms with van der Waals surface area (Å²) in [6, 6.07) is 5.76. The molecule has 0 saturated heterocycles. The predicted molar refractivity (Wildman–Crippen MR) is 78.8 cm³/mol. The average Bonchev–Trinajstić information content (AvgIpc) is 3.00. The lowest BCUT2D eigenvalue weighted by Gasteiger charge is -2.17. The predicted octanol–water partition coefficient (Wildman–Crippen LogP) is 1.77. The average molecular weight is 270 g/mol. The van der Waals surface area contributed by atoms with Crippen molar-refractivity contribution in [1.29, 1.82) is 0 Å². The first-order valence-electron chi connectivity index (χ1n) is 6.83. The molecule has 0 fully saturated rings. The van der Waals surface area contributed by atoms with Crippen molar-refractivity contribution in [3.8, 4) is 0 Å². The molecule has 0 bridgehead atoms. The van der Waals surface area contributed by atoms with Crippen molar-refractivity contribution in [2.24, 2.45) is 7.05 Å². The summed E-state index contributed by atoms with van der Waals surface area (Å²) in [4.78, 5) is 14.6. The Bertz CT molecular complexity index is 675. The molecule has 0 atom stereocenters. The minimum Gasteiger partial charge on any atom is -0.399 e. The molecule has 2 N–H and O–H groups in total. The van der Waals surface area contributed by atoms with Gasteiger partial charge in [-0.2, -0.15) is 5.10 Å². The van der Waals surface area contributed by atoms with E-state index < -0.39 is 0 Å². The molecule has 20 heavy (non-hydrogen) atoms. The normalized spacial score (nSPS) is 13.6. The summed E-state index contributed by atoms with van der Waals surface area (Å²) >= 11 is 0. The van der Waals surface area contributed by atoms with Gasteiger partial charge in [0.1, 0.15) is 0 Å². The second-order valence-corrected chi connectivity index (χ2v) is 5.11. The molecule has 2 heterocycles. The van der Waals surface area contributed by atoms with Gasteiger partial charge in [-0.3, -0.25) is 9.48 Å². The van der Waals surface area contributed by atoms with E-state index in [0.29, 0.717) is 17.8 Å². The van der Waals surface area contributed by atoms with Crippen LogP contribution in [-0.4, -0.2) is 22.2 Å². The number of nitrogen functional groups attached to an aromatic ring is 1. The van der Waals surface area contributed by atoms with E-state index in [-0.39, 0.29) is 5.91 Å². The summed E-state index contributed by atoms with van der Waals surface area (Å²) in [5.74, 6) is 0.0132. The van der Waals surface area contributed by atoms with Gasteiger partial charge in [0, 0.05) is 31.2 Å². The molecular weight excluding hydrogens is 252 g/mol. The Kier molecular flexibility index (Phi) is 2.97. The highest BCUT2D eigenvalue weighted by molar-refractivity contribution is 6.08. The highest BCUT2D eigenvalue weighted by Crippen LogP contribution is 2.31. The monoisotopic (exact) mass is 270 g/mol. The largest absolute Gasteiger partial charge is 0.399 e. The lowest BCUT2D eigenvalue weighted by Crippen LogP contribution is -2.29. The Balaban J connectivity index is 1.99. The molecule has 0 saturated carbocycles. The highest BCUT2D eigenvalue weighted by atomic mass is 16.2. The van der Waals surface area contributed by atoms with E-state index in [1.54, 1.807) is 10.9 Å². The first-order chi connectivity index (χ1) is 9.60. The number of anilines is 2. The fourth-order valence-corrected chi connectivity index (χ4v) is 2.73. The van der Waals surface area contributed by atoms with E-state index in [4.69, 9.17) is 5.73 Å². The fraction of sp³-hybridized carbons (Fsp3) is 0.333. The summed E-state index contributed by atoms with van der Waals surface area (Å²) in [6.45, 7) is 2.71. The van der Waals surface area contributed by atoms with Crippen molar-refractivity contribution in [1.82, 2.24) is 9.78 Å². The summed E-state index contributed by atoms with van der Waals surface area (Å²) < 4.78 is 1.70. The van der Waals surface area contributed by atoms with Gasteiger partial charge in [0.2, 0.25) is 0 Å². The standard InChI is InChI=1S/C15H18N4O/c1-3-13-12(9-18(2)17-13)15(20)19-7-6-10-4-5-11(16)8-14(10)19/h4-5,8-9H,3,6-7,16H2,1-2H3. The number of hydrogen-bond donors (Lipinski definition) is 1. The van der Waals surface area contributed by atoms with Crippen LogP contribution in [0.15, 0.2) is 24.4 Å². The van der Waals surface area contributed by atoms with Crippen LogP contribution < -0.4 is 10.6 Å². The molecule has 5 heteroatoms. The van der Waals surface area contributed by atoms with Crippen LogP contribution in [0.5, 0.6) is 0 Å². The van der Waals surface area contributed by atoms with Crippen LogP contribution in [0, 0.1) is 0 Å². The lowest BCUT2D eigenvalue weighted by molar-refractivity contribution is 0.0988. The van der Waals surface area contributed by atoms with Gasteiger partial charge in [-0.1, -0.05) is 13.0 Å². The molecule has 5 nitrogen and oxygen atoms in total. The van der Waals surface area contributed by atoms with E-state index in [9.17, 15) is 4.79 Å². The van der Waals surface area contributed by atoms with Gasteiger partial charge in [0.25, 0.3) is 5.91 Å². The number of aromatic nitrogens is 2. The second kappa shape index (κ2) is 4.67. The van der Waals surface area contributed by atoms with Crippen LogP contribution >= 0.6 is 0 Å². The van der Waals surface area contributed by atoms with Crippen molar-refractivity contribution < 1.29 is 4.79 Å². The Labute approximate surface area is 118 Å².